The number of amides is 1. The molecule has 8 nitrogen and oxygen atoms in total. The molecule has 2 aliphatic heterocycles. The number of hydrogen-bond donors (Lipinski definition) is 0. The fourth-order valence-electron chi connectivity index (χ4n) is 6.50. The summed E-state index contributed by atoms with van der Waals surface area (Å²) in [4.78, 5) is 27.5. The molecule has 0 radical (unpaired) electrons. The molecule has 3 aromatic rings. The largest absolute Gasteiger partial charge is 0.359 e. The van der Waals surface area contributed by atoms with Gasteiger partial charge in [-0.05, 0) is 77.0 Å². The number of aryl methyl sites for hydroxylation is 1. The third-order valence-electron chi connectivity index (χ3n) is 9.01. The van der Waals surface area contributed by atoms with Gasteiger partial charge in [0.1, 0.15) is 0 Å². The molecule has 1 aliphatic carbocycles. The normalized spacial score (nSPS) is 20.6. The molecule has 210 valence electrons. The number of likely N-dealkylation sites (N-methyl/N-ethyl adjacent to an activating group) is 2. The van der Waals surface area contributed by atoms with E-state index >= 15 is 0 Å². The van der Waals surface area contributed by atoms with Gasteiger partial charge in [-0.1, -0.05) is 37.1 Å². The standard InChI is InChI=1S/C32H41N7O/c1-22-11-14-27(15-12-22)39-31(33-30(34-39)32(40)37-18-8-17-35(4)19-20-37)25-13-16-28-29(21-25)38(26-9-6-7-10-26)24(3)23(2)36(28)5/h11-16,21,24,26H,2,6-10,17-20H2,1,3-5H3/t24-/m1/s1. The number of anilines is 2. The zero-order valence-electron chi connectivity index (χ0n) is 24.3. The Balaban J connectivity index is 1.45. The van der Waals surface area contributed by atoms with Crippen LogP contribution in [-0.2, 0) is 0 Å². The van der Waals surface area contributed by atoms with Gasteiger partial charge in [0.15, 0.2) is 5.82 Å². The molecule has 1 atom stereocenters. The van der Waals surface area contributed by atoms with Crippen LogP contribution in [0.2, 0.25) is 0 Å². The molecule has 1 saturated heterocycles. The summed E-state index contributed by atoms with van der Waals surface area (Å²) in [6.07, 6.45) is 5.89. The molecule has 1 aromatic heterocycles. The van der Waals surface area contributed by atoms with Crippen LogP contribution < -0.4 is 9.80 Å². The van der Waals surface area contributed by atoms with Crippen molar-refractivity contribution in [2.24, 2.45) is 0 Å². The molecule has 0 bridgehead atoms. The predicted molar refractivity (Wildman–Crippen MR) is 161 cm³/mol. The minimum atomic E-state index is -0.0994. The molecular formula is C32H41N7O. The van der Waals surface area contributed by atoms with E-state index in [1.165, 1.54) is 36.9 Å². The first-order chi connectivity index (χ1) is 19.3. The van der Waals surface area contributed by atoms with Crippen LogP contribution >= 0.6 is 0 Å². The second kappa shape index (κ2) is 10.7. The minimum absolute atomic E-state index is 0.0994. The number of carbonyl (C=O) groups excluding carboxylic acids is 1. The average molecular weight is 540 g/mol. The van der Waals surface area contributed by atoms with Gasteiger partial charge < -0.3 is 19.6 Å². The molecule has 0 unspecified atom stereocenters. The topological polar surface area (TPSA) is 60.7 Å². The Hall–Kier alpha value is -3.65. The lowest BCUT2D eigenvalue weighted by atomic mass is 9.99. The van der Waals surface area contributed by atoms with E-state index < -0.39 is 0 Å². The van der Waals surface area contributed by atoms with Crippen molar-refractivity contribution >= 4 is 17.3 Å². The number of nitrogens with zero attached hydrogens (tertiary/aromatic N) is 7. The van der Waals surface area contributed by atoms with E-state index in [1.54, 1.807) is 0 Å². The van der Waals surface area contributed by atoms with Crippen LogP contribution in [0.15, 0.2) is 54.7 Å². The summed E-state index contributed by atoms with van der Waals surface area (Å²) in [6.45, 7) is 12.0. The van der Waals surface area contributed by atoms with Crippen molar-refractivity contribution in [2.75, 3.05) is 50.1 Å². The van der Waals surface area contributed by atoms with Crippen molar-refractivity contribution in [3.05, 3.63) is 66.1 Å². The minimum Gasteiger partial charge on any atom is -0.359 e. The number of fused-ring (bicyclic) bond motifs is 1. The zero-order valence-corrected chi connectivity index (χ0v) is 24.3. The molecule has 2 aromatic carbocycles. The van der Waals surface area contributed by atoms with Gasteiger partial charge >= 0.3 is 0 Å². The van der Waals surface area contributed by atoms with Crippen LogP contribution in [0.25, 0.3) is 17.1 Å². The summed E-state index contributed by atoms with van der Waals surface area (Å²) >= 11 is 0. The van der Waals surface area contributed by atoms with Gasteiger partial charge in [-0.25, -0.2) is 9.67 Å². The fraction of sp³-hybridized carbons (Fsp3) is 0.469. The van der Waals surface area contributed by atoms with Gasteiger partial charge in [-0.3, -0.25) is 4.79 Å². The highest BCUT2D eigenvalue weighted by Crippen LogP contribution is 2.44. The molecule has 1 saturated carbocycles. The first-order valence-corrected chi connectivity index (χ1v) is 14.7. The van der Waals surface area contributed by atoms with Crippen LogP contribution in [0.3, 0.4) is 0 Å². The molecule has 3 heterocycles. The Labute approximate surface area is 237 Å². The van der Waals surface area contributed by atoms with E-state index in [0.29, 0.717) is 18.4 Å². The van der Waals surface area contributed by atoms with E-state index in [1.807, 2.05) is 21.7 Å². The molecule has 40 heavy (non-hydrogen) atoms. The molecule has 0 spiro atoms. The van der Waals surface area contributed by atoms with Crippen molar-refractivity contribution in [1.29, 1.82) is 0 Å². The molecule has 3 aliphatic rings. The van der Waals surface area contributed by atoms with Crippen molar-refractivity contribution in [1.82, 2.24) is 24.6 Å². The monoisotopic (exact) mass is 539 g/mol. The maximum Gasteiger partial charge on any atom is 0.293 e. The van der Waals surface area contributed by atoms with Crippen LogP contribution in [0.1, 0.15) is 55.2 Å². The van der Waals surface area contributed by atoms with E-state index in [0.717, 1.165) is 48.7 Å². The zero-order chi connectivity index (χ0) is 28.0. The van der Waals surface area contributed by atoms with Crippen LogP contribution in [0.4, 0.5) is 11.4 Å². The summed E-state index contributed by atoms with van der Waals surface area (Å²) in [5.74, 6) is 0.843. The Morgan fingerprint density at radius 3 is 2.42 bits per heavy atom. The first-order valence-electron chi connectivity index (χ1n) is 14.7. The van der Waals surface area contributed by atoms with E-state index in [-0.39, 0.29) is 17.8 Å². The maximum atomic E-state index is 13.7. The highest BCUT2D eigenvalue weighted by Gasteiger charge is 2.36. The number of benzene rings is 2. The predicted octanol–water partition coefficient (Wildman–Crippen LogP) is 5.12. The molecule has 8 heteroatoms. The van der Waals surface area contributed by atoms with Crippen molar-refractivity contribution in [3.8, 4) is 17.1 Å². The molecule has 1 amide bonds. The highest BCUT2D eigenvalue weighted by molar-refractivity contribution is 5.91. The molecule has 0 N–H and O–H groups in total. The lowest BCUT2D eigenvalue weighted by Crippen LogP contribution is -2.48. The molecule has 2 fully saturated rings. The van der Waals surface area contributed by atoms with E-state index in [9.17, 15) is 4.79 Å². The Morgan fingerprint density at radius 2 is 1.68 bits per heavy atom. The number of carbonyl (C=O) groups is 1. The van der Waals surface area contributed by atoms with Gasteiger partial charge in [-0.15, -0.1) is 5.10 Å². The van der Waals surface area contributed by atoms with Gasteiger partial charge in [0, 0.05) is 44.0 Å². The highest BCUT2D eigenvalue weighted by atomic mass is 16.2. The first kappa shape index (κ1) is 26.6. The number of aromatic nitrogens is 3. The number of hydrogen-bond acceptors (Lipinski definition) is 6. The lowest BCUT2D eigenvalue weighted by Gasteiger charge is -2.46. The van der Waals surface area contributed by atoms with Gasteiger partial charge in [-0.2, -0.15) is 0 Å². The average Bonchev–Trinajstić information content (AvgIpc) is 3.60. The summed E-state index contributed by atoms with van der Waals surface area (Å²) in [7, 11) is 4.21. The quantitative estimate of drug-likeness (QED) is 0.459. The molecule has 6 rings (SSSR count). The third-order valence-corrected chi connectivity index (χ3v) is 9.01. The molecular weight excluding hydrogens is 498 g/mol. The SMILES string of the molecule is C=C1[C@@H](C)N(C2CCCC2)c2cc(-c3nc(C(=O)N4CCCN(C)CC4)nn3-c3ccc(C)cc3)ccc2N1C. The van der Waals surface area contributed by atoms with Crippen molar-refractivity contribution in [3.63, 3.8) is 0 Å². The van der Waals surface area contributed by atoms with E-state index in [4.69, 9.17) is 10.1 Å². The van der Waals surface area contributed by atoms with E-state index in [2.05, 4.69) is 79.6 Å². The third kappa shape index (κ3) is 4.79. The Kier molecular flexibility index (Phi) is 7.13. The summed E-state index contributed by atoms with van der Waals surface area (Å²) in [6, 6.07) is 15.5. The Morgan fingerprint density at radius 1 is 0.925 bits per heavy atom. The second-order valence-corrected chi connectivity index (χ2v) is 11.7. The summed E-state index contributed by atoms with van der Waals surface area (Å²) in [5, 5.41) is 4.82. The van der Waals surface area contributed by atoms with Gasteiger partial charge in [0.2, 0.25) is 5.82 Å². The maximum absolute atomic E-state index is 13.7. The van der Waals surface area contributed by atoms with Crippen LogP contribution in [-0.4, -0.2) is 82.8 Å². The van der Waals surface area contributed by atoms with Crippen molar-refractivity contribution < 1.29 is 4.79 Å². The summed E-state index contributed by atoms with van der Waals surface area (Å²) in [5.41, 5.74) is 6.50. The van der Waals surface area contributed by atoms with Crippen molar-refractivity contribution in [2.45, 2.75) is 58.0 Å². The Bertz CT molecular complexity index is 1410. The lowest BCUT2D eigenvalue weighted by molar-refractivity contribution is 0.0750. The van der Waals surface area contributed by atoms with Gasteiger partial charge in [0.25, 0.3) is 5.91 Å². The smallest absolute Gasteiger partial charge is 0.293 e. The van der Waals surface area contributed by atoms with Crippen LogP contribution in [0, 0.1) is 6.92 Å². The number of rotatable bonds is 4. The van der Waals surface area contributed by atoms with Gasteiger partial charge in [0.05, 0.1) is 23.1 Å². The fourth-order valence-corrected chi connectivity index (χ4v) is 6.50. The summed E-state index contributed by atoms with van der Waals surface area (Å²) < 4.78 is 1.84. The van der Waals surface area contributed by atoms with Crippen LogP contribution in [0.5, 0.6) is 0 Å². The second-order valence-electron chi connectivity index (χ2n) is 11.7.